The van der Waals surface area contributed by atoms with Crippen LogP contribution in [0.4, 0.5) is 0 Å². The lowest BCUT2D eigenvalue weighted by molar-refractivity contribution is 0.609. The Morgan fingerprint density at radius 1 is 1.47 bits per heavy atom. The number of aryl methyl sites for hydroxylation is 2. The van der Waals surface area contributed by atoms with Crippen LogP contribution in [0.15, 0.2) is 23.1 Å². The Labute approximate surface area is 109 Å². The number of thiophene rings is 1. The van der Waals surface area contributed by atoms with E-state index in [1.807, 2.05) is 4.57 Å². The van der Waals surface area contributed by atoms with Gasteiger partial charge in [-0.15, -0.1) is 11.3 Å². The van der Waals surface area contributed by atoms with Gasteiger partial charge in [0.25, 0.3) is 5.56 Å². The molecule has 0 saturated heterocycles. The van der Waals surface area contributed by atoms with Gasteiger partial charge in [-0.05, 0) is 44.6 Å². The molecule has 0 spiro atoms. The van der Waals surface area contributed by atoms with Gasteiger partial charge in [0.05, 0.1) is 6.04 Å². The van der Waals surface area contributed by atoms with Crippen molar-refractivity contribution in [2.45, 2.75) is 26.8 Å². The summed E-state index contributed by atoms with van der Waals surface area (Å²) in [4.78, 5) is 16.4. The molecular weight excluding hydrogens is 252 g/mol. The van der Waals surface area contributed by atoms with Crippen molar-refractivity contribution in [3.63, 3.8) is 0 Å². The third-order valence-electron chi connectivity index (χ3n) is 2.80. The summed E-state index contributed by atoms with van der Waals surface area (Å²) in [6.07, 6.45) is 1.75. The van der Waals surface area contributed by atoms with E-state index >= 15 is 0 Å². The molecular formula is C12H14N2OS2. The van der Waals surface area contributed by atoms with Gasteiger partial charge < -0.3 is 4.57 Å². The van der Waals surface area contributed by atoms with Crippen molar-refractivity contribution in [1.29, 1.82) is 0 Å². The third kappa shape index (κ3) is 2.40. The Kier molecular flexibility index (Phi) is 3.31. The van der Waals surface area contributed by atoms with E-state index in [2.05, 4.69) is 31.8 Å². The lowest BCUT2D eigenvalue weighted by atomic mass is 10.1. The number of hydrogen-bond acceptors (Lipinski definition) is 3. The molecule has 0 aromatic carbocycles. The molecule has 0 aliphatic rings. The zero-order valence-corrected chi connectivity index (χ0v) is 11.6. The van der Waals surface area contributed by atoms with Gasteiger partial charge in [0.1, 0.15) is 0 Å². The molecule has 1 atom stereocenters. The standard InChI is InChI=1S/C12H14N2OS2/c1-7-6-10(9(3)17-7)8(2)14-5-4-11(15)13-12(14)16/h4-6,8H,1-3H3,(H,13,15,16). The molecule has 2 rings (SSSR count). The number of nitrogens with one attached hydrogen (secondary N) is 1. The first-order valence-corrected chi connectivity index (χ1v) is 6.60. The SMILES string of the molecule is Cc1cc(C(C)n2ccc(=O)[nH]c2=S)c(C)s1. The fraction of sp³-hybridized carbons (Fsp3) is 0.333. The highest BCUT2D eigenvalue weighted by molar-refractivity contribution is 7.71. The molecule has 1 N–H and O–H groups in total. The molecule has 17 heavy (non-hydrogen) atoms. The van der Waals surface area contributed by atoms with Gasteiger partial charge in [-0.2, -0.15) is 0 Å². The summed E-state index contributed by atoms with van der Waals surface area (Å²) in [5, 5.41) is 0. The first kappa shape index (κ1) is 12.3. The van der Waals surface area contributed by atoms with Crippen molar-refractivity contribution in [3.8, 4) is 0 Å². The van der Waals surface area contributed by atoms with Gasteiger partial charge in [0.15, 0.2) is 4.77 Å². The smallest absolute Gasteiger partial charge is 0.251 e. The zero-order valence-electron chi connectivity index (χ0n) is 9.98. The molecule has 0 fully saturated rings. The first-order chi connectivity index (χ1) is 7.99. The van der Waals surface area contributed by atoms with Crippen molar-refractivity contribution < 1.29 is 0 Å². The maximum absolute atomic E-state index is 11.1. The topological polar surface area (TPSA) is 37.8 Å². The molecule has 0 bridgehead atoms. The van der Waals surface area contributed by atoms with Gasteiger partial charge in [0, 0.05) is 22.0 Å². The monoisotopic (exact) mass is 266 g/mol. The summed E-state index contributed by atoms with van der Waals surface area (Å²) >= 11 is 6.96. The Morgan fingerprint density at radius 3 is 2.71 bits per heavy atom. The van der Waals surface area contributed by atoms with E-state index in [1.165, 1.54) is 21.4 Å². The molecule has 0 saturated carbocycles. The van der Waals surface area contributed by atoms with Crippen LogP contribution in [-0.2, 0) is 0 Å². The third-order valence-corrected chi connectivity index (χ3v) is 4.09. The molecule has 2 aromatic heterocycles. The van der Waals surface area contributed by atoms with Crippen LogP contribution in [0.3, 0.4) is 0 Å². The minimum absolute atomic E-state index is 0.143. The molecule has 0 amide bonds. The lowest BCUT2D eigenvalue weighted by Gasteiger charge is -2.15. The molecule has 2 heterocycles. The summed E-state index contributed by atoms with van der Waals surface area (Å²) < 4.78 is 2.37. The van der Waals surface area contributed by atoms with Crippen molar-refractivity contribution in [2.75, 3.05) is 0 Å². The van der Waals surface area contributed by atoms with E-state index in [1.54, 1.807) is 17.5 Å². The second kappa shape index (κ2) is 4.58. The van der Waals surface area contributed by atoms with Crippen molar-refractivity contribution in [1.82, 2.24) is 9.55 Å². The number of H-pyrrole nitrogens is 1. The summed E-state index contributed by atoms with van der Waals surface area (Å²) in [7, 11) is 0. The second-order valence-corrected chi connectivity index (χ2v) is 5.91. The Balaban J connectivity index is 2.50. The van der Waals surface area contributed by atoms with Crippen molar-refractivity contribution in [2.24, 2.45) is 0 Å². The number of rotatable bonds is 2. The first-order valence-electron chi connectivity index (χ1n) is 5.37. The van der Waals surface area contributed by atoms with E-state index in [0.29, 0.717) is 4.77 Å². The van der Waals surface area contributed by atoms with Crippen molar-refractivity contribution in [3.05, 3.63) is 48.8 Å². The van der Waals surface area contributed by atoms with Gasteiger partial charge in [0.2, 0.25) is 0 Å². The van der Waals surface area contributed by atoms with Gasteiger partial charge in [-0.25, -0.2) is 0 Å². The second-order valence-electron chi connectivity index (χ2n) is 4.06. The molecule has 90 valence electrons. The van der Waals surface area contributed by atoms with E-state index in [0.717, 1.165) is 0 Å². The predicted molar refractivity (Wildman–Crippen MR) is 73.5 cm³/mol. The molecule has 3 nitrogen and oxygen atoms in total. The number of aromatic amines is 1. The zero-order chi connectivity index (χ0) is 12.6. The minimum Gasteiger partial charge on any atom is -0.318 e. The molecule has 5 heteroatoms. The quantitative estimate of drug-likeness (QED) is 0.848. The normalized spacial score (nSPS) is 12.6. The van der Waals surface area contributed by atoms with Crippen LogP contribution in [-0.4, -0.2) is 9.55 Å². The summed E-state index contributed by atoms with van der Waals surface area (Å²) in [5.74, 6) is 0. The maximum atomic E-state index is 11.1. The largest absolute Gasteiger partial charge is 0.318 e. The highest BCUT2D eigenvalue weighted by atomic mass is 32.1. The molecule has 0 aliphatic heterocycles. The van der Waals surface area contributed by atoms with E-state index in [4.69, 9.17) is 12.2 Å². The average molecular weight is 266 g/mol. The molecule has 2 aromatic rings. The summed E-state index contributed by atoms with van der Waals surface area (Å²) in [6.45, 7) is 6.29. The van der Waals surface area contributed by atoms with E-state index in [9.17, 15) is 4.79 Å². The molecule has 0 aliphatic carbocycles. The van der Waals surface area contributed by atoms with Crippen LogP contribution >= 0.6 is 23.6 Å². The van der Waals surface area contributed by atoms with Crippen molar-refractivity contribution >= 4 is 23.6 Å². The van der Waals surface area contributed by atoms with Gasteiger partial charge in [-0.3, -0.25) is 9.78 Å². The fourth-order valence-electron chi connectivity index (χ4n) is 1.95. The molecule has 1 unspecified atom stereocenters. The van der Waals surface area contributed by atoms with Crippen LogP contribution in [0.2, 0.25) is 0 Å². The number of aromatic nitrogens is 2. The Hall–Kier alpha value is -1.20. The van der Waals surface area contributed by atoms with E-state index in [-0.39, 0.29) is 11.6 Å². The van der Waals surface area contributed by atoms with Gasteiger partial charge in [-0.1, -0.05) is 0 Å². The van der Waals surface area contributed by atoms with Crippen LogP contribution < -0.4 is 5.56 Å². The minimum atomic E-state index is -0.156. The fourth-order valence-corrected chi connectivity index (χ4v) is 3.28. The maximum Gasteiger partial charge on any atom is 0.251 e. The van der Waals surface area contributed by atoms with Crippen LogP contribution in [0.1, 0.15) is 28.3 Å². The highest BCUT2D eigenvalue weighted by Gasteiger charge is 2.12. The Morgan fingerprint density at radius 2 is 2.18 bits per heavy atom. The van der Waals surface area contributed by atoms with E-state index < -0.39 is 0 Å². The summed E-state index contributed by atoms with van der Waals surface area (Å²) in [6, 6.07) is 3.82. The Bertz CT molecular complexity index is 651. The average Bonchev–Trinajstić information content (AvgIpc) is 2.57. The number of nitrogens with zero attached hydrogens (tertiary/aromatic N) is 1. The van der Waals surface area contributed by atoms with Crippen LogP contribution in [0, 0.1) is 18.6 Å². The van der Waals surface area contributed by atoms with Gasteiger partial charge >= 0.3 is 0 Å². The highest BCUT2D eigenvalue weighted by Crippen LogP contribution is 2.28. The van der Waals surface area contributed by atoms with Crippen LogP contribution in [0.5, 0.6) is 0 Å². The predicted octanol–water partition coefficient (Wildman–Crippen LogP) is 3.19. The summed E-state index contributed by atoms with van der Waals surface area (Å²) in [5.41, 5.74) is 1.10. The lowest BCUT2D eigenvalue weighted by Crippen LogP contribution is -2.15. The number of hydrogen-bond donors (Lipinski definition) is 1. The molecule has 0 radical (unpaired) electrons. The van der Waals surface area contributed by atoms with Crippen LogP contribution in [0.25, 0.3) is 0 Å².